The third-order valence-corrected chi connectivity index (χ3v) is 3.42. The average molecular weight is 323 g/mol. The van der Waals surface area contributed by atoms with E-state index >= 15 is 0 Å². The van der Waals surface area contributed by atoms with Crippen molar-refractivity contribution in [3.8, 4) is 17.2 Å². The van der Waals surface area contributed by atoms with Gasteiger partial charge < -0.3 is 5.11 Å². The SMILES string of the molecule is C=C/C=C(O)\C=C(/CF)c1ccc(-c2ccc(C#N)cc2)c(F)c1. The van der Waals surface area contributed by atoms with Crippen LogP contribution in [0.15, 0.2) is 73.0 Å². The molecule has 0 aliphatic carbocycles. The molecule has 0 fully saturated rings. The van der Waals surface area contributed by atoms with Crippen LogP contribution >= 0.6 is 0 Å². The fourth-order valence-corrected chi connectivity index (χ4v) is 2.22. The lowest BCUT2D eigenvalue weighted by Crippen LogP contribution is -1.92. The lowest BCUT2D eigenvalue weighted by Gasteiger charge is -2.08. The number of nitrogens with zero attached hydrogens (tertiary/aromatic N) is 1. The van der Waals surface area contributed by atoms with Gasteiger partial charge >= 0.3 is 0 Å². The number of aliphatic hydroxyl groups is 1. The van der Waals surface area contributed by atoms with Gasteiger partial charge in [-0.2, -0.15) is 5.26 Å². The molecule has 2 aromatic rings. The molecule has 2 aromatic carbocycles. The molecule has 0 spiro atoms. The van der Waals surface area contributed by atoms with Crippen LogP contribution in [-0.4, -0.2) is 11.8 Å². The van der Waals surface area contributed by atoms with Gasteiger partial charge in [0.05, 0.1) is 11.6 Å². The molecular weight excluding hydrogens is 308 g/mol. The highest BCUT2D eigenvalue weighted by Crippen LogP contribution is 2.27. The summed E-state index contributed by atoms with van der Waals surface area (Å²) in [6, 6.07) is 12.9. The first-order chi connectivity index (χ1) is 11.6. The van der Waals surface area contributed by atoms with Gasteiger partial charge in [-0.15, -0.1) is 0 Å². The Hall–Kier alpha value is -3.19. The summed E-state index contributed by atoms with van der Waals surface area (Å²) < 4.78 is 27.6. The number of hydrogen-bond acceptors (Lipinski definition) is 2. The van der Waals surface area contributed by atoms with E-state index in [0.717, 1.165) is 0 Å². The van der Waals surface area contributed by atoms with Gasteiger partial charge in [0.15, 0.2) is 0 Å². The smallest absolute Gasteiger partial charge is 0.131 e. The number of nitriles is 1. The van der Waals surface area contributed by atoms with Gasteiger partial charge in [-0.05, 0) is 47.1 Å². The van der Waals surface area contributed by atoms with Crippen LogP contribution in [0.3, 0.4) is 0 Å². The maximum atomic E-state index is 14.4. The van der Waals surface area contributed by atoms with Crippen molar-refractivity contribution in [1.29, 1.82) is 5.26 Å². The number of rotatable bonds is 5. The summed E-state index contributed by atoms with van der Waals surface area (Å²) in [6.07, 6.45) is 3.92. The highest BCUT2D eigenvalue weighted by Gasteiger charge is 2.09. The van der Waals surface area contributed by atoms with E-state index in [4.69, 9.17) is 5.26 Å². The molecular formula is C20H15F2NO. The van der Waals surface area contributed by atoms with Gasteiger partial charge in [0.2, 0.25) is 0 Å². The van der Waals surface area contributed by atoms with Crippen molar-refractivity contribution in [1.82, 2.24) is 0 Å². The van der Waals surface area contributed by atoms with Crippen molar-refractivity contribution in [3.05, 3.63) is 90.0 Å². The Morgan fingerprint density at radius 3 is 2.46 bits per heavy atom. The van der Waals surface area contributed by atoms with E-state index in [-0.39, 0.29) is 11.3 Å². The summed E-state index contributed by atoms with van der Waals surface area (Å²) in [4.78, 5) is 0. The molecule has 0 aromatic heterocycles. The van der Waals surface area contributed by atoms with Crippen molar-refractivity contribution in [2.24, 2.45) is 0 Å². The van der Waals surface area contributed by atoms with Crippen molar-refractivity contribution < 1.29 is 13.9 Å². The Bertz CT molecular complexity index is 843. The Morgan fingerprint density at radius 2 is 1.92 bits per heavy atom. The monoisotopic (exact) mass is 323 g/mol. The number of alkyl halides is 1. The molecule has 24 heavy (non-hydrogen) atoms. The number of aliphatic hydroxyl groups excluding tert-OH is 1. The minimum atomic E-state index is -0.843. The standard InChI is InChI=1S/C20H15F2NO/c1-2-3-18(24)10-17(12-21)16-8-9-19(20(22)11-16)15-6-4-14(13-23)5-7-15/h2-11,24H,1,12H2/b17-10+,18-3+. The number of allylic oxidation sites excluding steroid dienone is 4. The maximum Gasteiger partial charge on any atom is 0.131 e. The third-order valence-electron chi connectivity index (χ3n) is 3.42. The first-order valence-electron chi connectivity index (χ1n) is 7.17. The predicted molar refractivity (Wildman–Crippen MR) is 91.4 cm³/mol. The fraction of sp³-hybridized carbons (Fsp3) is 0.0500. The summed E-state index contributed by atoms with van der Waals surface area (Å²) in [5.74, 6) is -0.669. The van der Waals surface area contributed by atoms with Crippen molar-refractivity contribution in [3.63, 3.8) is 0 Å². The second-order valence-electron chi connectivity index (χ2n) is 5.01. The molecule has 0 saturated carbocycles. The quantitative estimate of drug-likeness (QED) is 0.596. The third kappa shape index (κ3) is 3.96. The van der Waals surface area contributed by atoms with Gasteiger partial charge in [-0.1, -0.05) is 36.9 Å². The van der Waals surface area contributed by atoms with Crippen LogP contribution in [0.5, 0.6) is 0 Å². The molecule has 2 rings (SSSR count). The minimum absolute atomic E-state index is 0.158. The number of hydrogen-bond donors (Lipinski definition) is 1. The summed E-state index contributed by atoms with van der Waals surface area (Å²) in [6.45, 7) is 2.60. The second kappa shape index (κ2) is 7.89. The molecule has 0 radical (unpaired) electrons. The first-order valence-corrected chi connectivity index (χ1v) is 7.17. The van der Waals surface area contributed by atoms with Crippen molar-refractivity contribution >= 4 is 5.57 Å². The van der Waals surface area contributed by atoms with Gasteiger partial charge in [0.1, 0.15) is 18.3 Å². The normalized spacial score (nSPS) is 11.9. The molecule has 0 unspecified atom stereocenters. The van der Waals surface area contributed by atoms with E-state index in [1.807, 2.05) is 6.07 Å². The lowest BCUT2D eigenvalue weighted by atomic mass is 9.99. The topological polar surface area (TPSA) is 44.0 Å². The van der Waals surface area contributed by atoms with Gasteiger partial charge in [0.25, 0.3) is 0 Å². The maximum absolute atomic E-state index is 14.4. The van der Waals surface area contributed by atoms with E-state index in [2.05, 4.69) is 6.58 Å². The molecule has 0 aliphatic rings. The summed E-state index contributed by atoms with van der Waals surface area (Å²) >= 11 is 0. The fourth-order valence-electron chi connectivity index (χ4n) is 2.22. The molecule has 2 nitrogen and oxygen atoms in total. The average Bonchev–Trinajstić information content (AvgIpc) is 2.60. The molecule has 120 valence electrons. The van der Waals surface area contributed by atoms with Gasteiger partial charge in [0, 0.05) is 5.56 Å². The number of halogens is 2. The van der Waals surface area contributed by atoms with Gasteiger partial charge in [-0.25, -0.2) is 8.78 Å². The largest absolute Gasteiger partial charge is 0.508 e. The van der Waals surface area contributed by atoms with Crippen LogP contribution in [0, 0.1) is 17.1 Å². The minimum Gasteiger partial charge on any atom is -0.508 e. The van der Waals surface area contributed by atoms with E-state index < -0.39 is 12.5 Å². The zero-order chi connectivity index (χ0) is 17.5. The Balaban J connectivity index is 2.39. The van der Waals surface area contributed by atoms with Gasteiger partial charge in [-0.3, -0.25) is 0 Å². The molecule has 0 saturated heterocycles. The van der Waals surface area contributed by atoms with Crippen LogP contribution in [0.2, 0.25) is 0 Å². The molecule has 4 heteroatoms. The first kappa shape index (κ1) is 17.2. The van der Waals surface area contributed by atoms with Crippen LogP contribution < -0.4 is 0 Å². The summed E-state index contributed by atoms with van der Waals surface area (Å²) in [5.41, 5.74) is 1.97. The molecule has 1 N–H and O–H groups in total. The Kier molecular flexibility index (Phi) is 5.64. The van der Waals surface area contributed by atoms with Crippen LogP contribution in [0.1, 0.15) is 11.1 Å². The highest BCUT2D eigenvalue weighted by molar-refractivity contribution is 5.72. The molecule has 0 atom stereocenters. The predicted octanol–water partition coefficient (Wildman–Crippen LogP) is 5.35. The second-order valence-corrected chi connectivity index (χ2v) is 5.01. The Morgan fingerprint density at radius 1 is 1.21 bits per heavy atom. The van der Waals surface area contributed by atoms with Crippen LogP contribution in [0.4, 0.5) is 8.78 Å². The summed E-state index contributed by atoms with van der Waals surface area (Å²) in [7, 11) is 0. The van der Waals surface area contributed by atoms with E-state index in [9.17, 15) is 13.9 Å². The van der Waals surface area contributed by atoms with Crippen LogP contribution in [-0.2, 0) is 0 Å². The highest BCUT2D eigenvalue weighted by atomic mass is 19.1. The molecule has 0 bridgehead atoms. The van der Waals surface area contributed by atoms with Crippen molar-refractivity contribution in [2.75, 3.05) is 6.67 Å². The zero-order valence-corrected chi connectivity index (χ0v) is 12.8. The van der Waals surface area contributed by atoms with E-state index in [1.54, 1.807) is 36.4 Å². The molecule has 0 aliphatic heterocycles. The zero-order valence-electron chi connectivity index (χ0n) is 12.8. The van der Waals surface area contributed by atoms with E-state index in [0.29, 0.717) is 22.3 Å². The van der Waals surface area contributed by atoms with Crippen molar-refractivity contribution in [2.45, 2.75) is 0 Å². The lowest BCUT2D eigenvalue weighted by molar-refractivity contribution is 0.432. The Labute approximate surface area is 139 Å². The molecule has 0 heterocycles. The van der Waals surface area contributed by atoms with E-state index in [1.165, 1.54) is 24.3 Å². The van der Waals surface area contributed by atoms with Crippen LogP contribution in [0.25, 0.3) is 16.7 Å². The summed E-state index contributed by atoms with van der Waals surface area (Å²) in [5, 5.41) is 18.4. The molecule has 0 amide bonds. The number of benzene rings is 2.